The number of aromatic nitrogens is 4. The van der Waals surface area contributed by atoms with E-state index in [0.717, 1.165) is 32.2 Å². The Labute approximate surface area is 226 Å². The Bertz CT molecular complexity index is 1270. The van der Waals surface area contributed by atoms with Crippen molar-refractivity contribution in [3.63, 3.8) is 0 Å². The number of fused-ring (bicyclic) bond motifs is 1. The summed E-state index contributed by atoms with van der Waals surface area (Å²) in [5.41, 5.74) is 1.05. The van der Waals surface area contributed by atoms with Crippen molar-refractivity contribution < 1.29 is 18.3 Å². The van der Waals surface area contributed by atoms with Gasteiger partial charge in [0.25, 0.3) is 6.43 Å². The minimum Gasteiger partial charge on any atom is -0.378 e. The lowest BCUT2D eigenvalue weighted by molar-refractivity contribution is -0.122. The third-order valence-corrected chi connectivity index (χ3v) is 7.26. The van der Waals surface area contributed by atoms with Crippen LogP contribution in [-0.4, -0.2) is 89.4 Å². The largest absolute Gasteiger partial charge is 0.378 e. The van der Waals surface area contributed by atoms with Crippen LogP contribution in [0.3, 0.4) is 0 Å². The second-order valence-corrected chi connectivity index (χ2v) is 10.4. The van der Waals surface area contributed by atoms with E-state index in [0.29, 0.717) is 61.3 Å². The Hall–Kier alpha value is -3.38. The zero-order valence-electron chi connectivity index (χ0n) is 22.4. The maximum Gasteiger partial charge on any atom is 0.296 e. The number of carbonyl (C=O) groups is 1. The summed E-state index contributed by atoms with van der Waals surface area (Å²) in [6, 6.07) is 9.08. The first-order valence-corrected chi connectivity index (χ1v) is 13.6. The lowest BCUT2D eigenvalue weighted by atomic mass is 9.91. The predicted molar refractivity (Wildman–Crippen MR) is 146 cm³/mol. The van der Waals surface area contributed by atoms with Gasteiger partial charge in [-0.2, -0.15) is 9.97 Å². The normalized spacial score (nSPS) is 20.1. The summed E-state index contributed by atoms with van der Waals surface area (Å²) in [4.78, 5) is 30.0. The van der Waals surface area contributed by atoms with E-state index in [9.17, 15) is 13.6 Å². The molecule has 2 aliphatic rings. The number of alkyl halides is 2. The Morgan fingerprint density at radius 3 is 2.46 bits per heavy atom. The number of hydrogen-bond acceptors (Lipinski definition) is 8. The lowest BCUT2D eigenvalue weighted by Crippen LogP contribution is -2.41. The van der Waals surface area contributed by atoms with Crippen LogP contribution >= 0.6 is 0 Å². The number of hydrogen-bond donors (Lipinski definition) is 2. The first kappa shape index (κ1) is 27.2. The van der Waals surface area contributed by atoms with Gasteiger partial charge < -0.3 is 25.2 Å². The second kappa shape index (κ2) is 12.2. The molecule has 1 aromatic carbocycles. The maximum absolute atomic E-state index is 14.1. The molecule has 3 heterocycles. The van der Waals surface area contributed by atoms with Crippen LogP contribution in [0.15, 0.2) is 30.3 Å². The van der Waals surface area contributed by atoms with Crippen molar-refractivity contribution in [2.45, 2.75) is 50.6 Å². The van der Waals surface area contributed by atoms with E-state index in [1.54, 1.807) is 30.3 Å². The monoisotopic (exact) mass is 542 g/mol. The SMILES string of the molecule is CN(C)CCC(=O)N[C@H]1CC[C@H](Nc2nc(N3CCOCC3)cc(-n3c(C(F)F)nc4ccccc43)n2)CC1. The van der Waals surface area contributed by atoms with Crippen molar-refractivity contribution in [1.29, 1.82) is 0 Å². The van der Waals surface area contributed by atoms with Crippen LogP contribution in [0.1, 0.15) is 44.4 Å². The highest BCUT2D eigenvalue weighted by molar-refractivity contribution is 5.78. The summed E-state index contributed by atoms with van der Waals surface area (Å²) in [7, 11) is 3.91. The number of ether oxygens (including phenoxy) is 1. The fourth-order valence-electron chi connectivity index (χ4n) is 5.18. The number of para-hydroxylation sites is 2. The van der Waals surface area contributed by atoms with Crippen molar-refractivity contribution in [2.24, 2.45) is 0 Å². The van der Waals surface area contributed by atoms with E-state index in [1.165, 1.54) is 4.57 Å². The van der Waals surface area contributed by atoms with Crippen LogP contribution < -0.4 is 15.5 Å². The van der Waals surface area contributed by atoms with E-state index in [1.807, 2.05) is 19.0 Å². The van der Waals surface area contributed by atoms with Gasteiger partial charge in [0.15, 0.2) is 5.82 Å². The molecule has 1 aliphatic carbocycles. The van der Waals surface area contributed by atoms with Gasteiger partial charge in [-0.05, 0) is 51.9 Å². The number of anilines is 2. The summed E-state index contributed by atoms with van der Waals surface area (Å²) >= 11 is 0. The van der Waals surface area contributed by atoms with Crippen molar-refractivity contribution >= 4 is 28.7 Å². The van der Waals surface area contributed by atoms with Gasteiger partial charge in [-0.3, -0.25) is 9.36 Å². The highest BCUT2D eigenvalue weighted by Crippen LogP contribution is 2.30. The molecule has 1 aliphatic heterocycles. The predicted octanol–water partition coefficient (Wildman–Crippen LogP) is 3.38. The van der Waals surface area contributed by atoms with Crippen LogP contribution in [0.5, 0.6) is 0 Å². The topological polar surface area (TPSA) is 100 Å². The van der Waals surface area contributed by atoms with Gasteiger partial charge in [-0.15, -0.1) is 0 Å². The molecule has 0 radical (unpaired) electrons. The van der Waals surface area contributed by atoms with E-state index >= 15 is 0 Å². The number of amides is 1. The molecular weight excluding hydrogens is 506 g/mol. The first-order chi connectivity index (χ1) is 18.9. The third kappa shape index (κ3) is 6.62. The molecule has 1 amide bonds. The summed E-state index contributed by atoms with van der Waals surface area (Å²) in [6.45, 7) is 3.18. The molecule has 1 saturated heterocycles. The van der Waals surface area contributed by atoms with E-state index in [4.69, 9.17) is 14.7 Å². The molecule has 2 fully saturated rings. The van der Waals surface area contributed by atoms with Crippen LogP contribution in [0.4, 0.5) is 20.5 Å². The van der Waals surface area contributed by atoms with Crippen molar-refractivity contribution in [1.82, 2.24) is 29.7 Å². The zero-order valence-corrected chi connectivity index (χ0v) is 22.4. The average Bonchev–Trinajstić information content (AvgIpc) is 3.34. The van der Waals surface area contributed by atoms with E-state index in [-0.39, 0.29) is 23.8 Å². The third-order valence-electron chi connectivity index (χ3n) is 7.26. The Morgan fingerprint density at radius 1 is 1.05 bits per heavy atom. The fraction of sp³-hybridized carbons (Fsp3) is 0.556. The van der Waals surface area contributed by atoms with E-state index in [2.05, 4.69) is 20.5 Å². The van der Waals surface area contributed by atoms with Gasteiger partial charge in [0.05, 0.1) is 24.2 Å². The zero-order chi connectivity index (χ0) is 27.4. The molecular formula is C27H36F2N8O2. The van der Waals surface area contributed by atoms with Crippen LogP contribution in [0.25, 0.3) is 16.9 Å². The van der Waals surface area contributed by atoms with Gasteiger partial charge in [-0.1, -0.05) is 12.1 Å². The molecule has 3 aromatic rings. The molecule has 0 bridgehead atoms. The molecule has 2 aromatic heterocycles. The Morgan fingerprint density at radius 2 is 1.74 bits per heavy atom. The fourth-order valence-corrected chi connectivity index (χ4v) is 5.18. The highest BCUT2D eigenvalue weighted by Gasteiger charge is 2.26. The lowest BCUT2D eigenvalue weighted by Gasteiger charge is -2.31. The molecule has 0 unspecified atom stereocenters. The van der Waals surface area contributed by atoms with Crippen LogP contribution in [0.2, 0.25) is 0 Å². The molecule has 10 nitrogen and oxygen atoms in total. The number of morpholine rings is 1. The summed E-state index contributed by atoms with van der Waals surface area (Å²) < 4.78 is 35.1. The minimum absolute atomic E-state index is 0.0775. The van der Waals surface area contributed by atoms with E-state index < -0.39 is 6.43 Å². The Balaban J connectivity index is 1.37. The maximum atomic E-state index is 14.1. The van der Waals surface area contributed by atoms with Gasteiger partial charge in [0.1, 0.15) is 11.6 Å². The second-order valence-electron chi connectivity index (χ2n) is 10.4. The van der Waals surface area contributed by atoms with Gasteiger partial charge >= 0.3 is 0 Å². The molecule has 210 valence electrons. The van der Waals surface area contributed by atoms with Crippen molar-refractivity contribution in [3.8, 4) is 5.82 Å². The van der Waals surface area contributed by atoms with Crippen molar-refractivity contribution in [3.05, 3.63) is 36.2 Å². The molecule has 0 spiro atoms. The standard InChI is InChI=1S/C27H36F2N8O2/c1-35(2)12-11-24(38)30-18-7-9-19(10-8-18)31-27-33-22(36-13-15-39-16-14-36)17-23(34-27)37-21-6-4-3-5-20(21)32-26(37)25(28)29/h3-6,17-19,25H,7-16H2,1-2H3,(H,30,38)(H,31,33,34)/t18-,19-. The van der Waals surface area contributed by atoms with Gasteiger partial charge in [0, 0.05) is 44.2 Å². The average molecular weight is 543 g/mol. The number of benzene rings is 1. The summed E-state index contributed by atoms with van der Waals surface area (Å²) in [5.74, 6) is 1.13. The Kier molecular flexibility index (Phi) is 8.51. The van der Waals surface area contributed by atoms with Gasteiger partial charge in [0.2, 0.25) is 11.9 Å². The van der Waals surface area contributed by atoms with Crippen LogP contribution in [-0.2, 0) is 9.53 Å². The summed E-state index contributed by atoms with van der Waals surface area (Å²) in [6.07, 6.45) is 1.11. The van der Waals surface area contributed by atoms with Gasteiger partial charge in [-0.25, -0.2) is 13.8 Å². The minimum atomic E-state index is -2.76. The van der Waals surface area contributed by atoms with Crippen molar-refractivity contribution in [2.75, 3.05) is 57.2 Å². The quantitative estimate of drug-likeness (QED) is 0.425. The first-order valence-electron chi connectivity index (χ1n) is 13.6. The molecule has 1 saturated carbocycles. The molecule has 5 rings (SSSR count). The number of carbonyl (C=O) groups excluding carboxylic acids is 1. The highest BCUT2D eigenvalue weighted by atomic mass is 19.3. The smallest absolute Gasteiger partial charge is 0.296 e. The number of halogens is 2. The number of nitrogens with zero attached hydrogens (tertiary/aromatic N) is 6. The molecule has 12 heteroatoms. The molecule has 39 heavy (non-hydrogen) atoms. The number of imidazole rings is 1. The summed E-state index contributed by atoms with van der Waals surface area (Å²) in [5, 5.41) is 6.60. The number of rotatable bonds is 9. The molecule has 2 N–H and O–H groups in total. The number of nitrogens with one attached hydrogen (secondary N) is 2. The van der Waals surface area contributed by atoms with Crippen LogP contribution in [0, 0.1) is 0 Å². The molecule has 0 atom stereocenters.